The first-order valence-corrected chi connectivity index (χ1v) is 4.16. The minimum absolute atomic E-state index is 0.0756. The summed E-state index contributed by atoms with van der Waals surface area (Å²) in [6, 6.07) is 2.27. The van der Waals surface area contributed by atoms with Crippen LogP contribution in [0, 0.1) is 16.7 Å². The molecule has 0 aliphatic heterocycles. The molecule has 0 aliphatic carbocycles. The molecular weight excluding hydrogens is 190 g/mol. The Morgan fingerprint density at radius 3 is 1.80 bits per heavy atom. The molecule has 0 amide bonds. The predicted molar refractivity (Wildman–Crippen MR) is 47.0 cm³/mol. The number of halogens is 1. The second kappa shape index (κ2) is 2.92. The fraction of sp³-hybridized carbons (Fsp3) is 0.875. The van der Waals surface area contributed by atoms with Crippen LogP contribution in [0.15, 0.2) is 0 Å². The minimum Gasteiger partial charge on any atom is -0.198 e. The molecule has 0 aromatic heterocycles. The Balaban J connectivity index is 4.05. The normalized spacial score (nSPS) is 12.8. The molecule has 0 saturated heterocycles. The average molecular weight is 204 g/mol. The number of nitrogens with zero attached hydrogens (tertiary/aromatic N) is 1. The smallest absolute Gasteiger partial charge is 0.0684 e. The van der Waals surface area contributed by atoms with Gasteiger partial charge < -0.3 is 0 Å². The second-order valence-electron chi connectivity index (χ2n) is 3.89. The van der Waals surface area contributed by atoms with Gasteiger partial charge >= 0.3 is 0 Å². The molecule has 10 heavy (non-hydrogen) atoms. The van der Waals surface area contributed by atoms with E-state index in [0.717, 1.165) is 6.42 Å². The highest BCUT2D eigenvalue weighted by atomic mass is 79.9. The van der Waals surface area contributed by atoms with Crippen molar-refractivity contribution in [2.45, 2.75) is 38.4 Å². The summed E-state index contributed by atoms with van der Waals surface area (Å²) < 4.78 is 0.0756. The Kier molecular flexibility index (Phi) is 2.91. The fourth-order valence-corrected chi connectivity index (χ4v) is 1.79. The summed E-state index contributed by atoms with van der Waals surface area (Å²) in [4.78, 5) is 0. The van der Waals surface area contributed by atoms with Crippen molar-refractivity contribution in [2.75, 3.05) is 0 Å². The molecule has 0 bridgehead atoms. The standard InChI is InChI=1S/C8H14BrN/c1-7(2,6-10)5-8(3,4)9/h5H2,1-4H3. The first kappa shape index (κ1) is 9.97. The van der Waals surface area contributed by atoms with Crippen LogP contribution in [0.25, 0.3) is 0 Å². The van der Waals surface area contributed by atoms with E-state index in [4.69, 9.17) is 5.26 Å². The summed E-state index contributed by atoms with van der Waals surface area (Å²) in [5.41, 5.74) is -0.215. The lowest BCUT2D eigenvalue weighted by Crippen LogP contribution is -2.21. The zero-order chi connectivity index (χ0) is 8.41. The van der Waals surface area contributed by atoms with Crippen LogP contribution in [0.5, 0.6) is 0 Å². The third kappa shape index (κ3) is 4.81. The molecule has 0 spiro atoms. The quantitative estimate of drug-likeness (QED) is 0.634. The van der Waals surface area contributed by atoms with Crippen molar-refractivity contribution in [1.29, 1.82) is 5.26 Å². The van der Waals surface area contributed by atoms with Crippen LogP contribution in [-0.2, 0) is 0 Å². The highest BCUT2D eigenvalue weighted by Gasteiger charge is 2.25. The number of nitriles is 1. The molecule has 0 atom stereocenters. The molecule has 0 N–H and O–H groups in total. The van der Waals surface area contributed by atoms with Crippen molar-refractivity contribution < 1.29 is 0 Å². The zero-order valence-corrected chi connectivity index (χ0v) is 8.62. The molecule has 0 fully saturated rings. The number of hydrogen-bond acceptors (Lipinski definition) is 1. The topological polar surface area (TPSA) is 23.8 Å². The molecule has 0 aromatic carbocycles. The van der Waals surface area contributed by atoms with Gasteiger partial charge in [-0.2, -0.15) is 5.26 Å². The first-order chi connectivity index (χ1) is 4.27. The minimum atomic E-state index is -0.215. The van der Waals surface area contributed by atoms with Crippen molar-refractivity contribution in [1.82, 2.24) is 0 Å². The molecule has 0 aromatic rings. The first-order valence-electron chi connectivity index (χ1n) is 3.37. The van der Waals surface area contributed by atoms with E-state index in [1.165, 1.54) is 0 Å². The largest absolute Gasteiger partial charge is 0.198 e. The van der Waals surface area contributed by atoms with Crippen LogP contribution in [0.4, 0.5) is 0 Å². The molecule has 0 saturated carbocycles. The summed E-state index contributed by atoms with van der Waals surface area (Å²) in [6.45, 7) is 8.06. The van der Waals surface area contributed by atoms with Gasteiger partial charge in [-0.05, 0) is 20.3 Å². The molecule has 0 radical (unpaired) electrons. The van der Waals surface area contributed by atoms with Gasteiger partial charge in [0.25, 0.3) is 0 Å². The van der Waals surface area contributed by atoms with Crippen LogP contribution < -0.4 is 0 Å². The zero-order valence-electron chi connectivity index (χ0n) is 7.03. The molecule has 1 nitrogen and oxygen atoms in total. The fourth-order valence-electron chi connectivity index (χ4n) is 1.09. The molecule has 0 aliphatic rings. The highest BCUT2D eigenvalue weighted by Crippen LogP contribution is 2.32. The second-order valence-corrected chi connectivity index (χ2v) is 6.04. The molecular formula is C8H14BrN. The van der Waals surface area contributed by atoms with Crippen LogP contribution >= 0.6 is 15.9 Å². The van der Waals surface area contributed by atoms with Gasteiger partial charge in [-0.3, -0.25) is 0 Å². The summed E-state index contributed by atoms with van der Waals surface area (Å²) in [7, 11) is 0. The van der Waals surface area contributed by atoms with E-state index >= 15 is 0 Å². The Morgan fingerprint density at radius 1 is 1.30 bits per heavy atom. The lowest BCUT2D eigenvalue weighted by molar-refractivity contribution is 0.405. The summed E-state index contributed by atoms with van der Waals surface area (Å²) in [6.07, 6.45) is 0.872. The van der Waals surface area contributed by atoms with Gasteiger partial charge in [-0.15, -0.1) is 0 Å². The number of rotatable bonds is 2. The van der Waals surface area contributed by atoms with E-state index in [0.29, 0.717) is 0 Å². The molecule has 0 heterocycles. The summed E-state index contributed by atoms with van der Waals surface area (Å²) in [5.74, 6) is 0. The lowest BCUT2D eigenvalue weighted by Gasteiger charge is -2.24. The van der Waals surface area contributed by atoms with Crippen molar-refractivity contribution in [3.05, 3.63) is 0 Å². The number of hydrogen-bond donors (Lipinski definition) is 0. The highest BCUT2D eigenvalue weighted by molar-refractivity contribution is 9.10. The van der Waals surface area contributed by atoms with Crippen molar-refractivity contribution in [2.24, 2.45) is 5.41 Å². The van der Waals surface area contributed by atoms with Crippen molar-refractivity contribution >= 4 is 15.9 Å². The molecule has 0 rings (SSSR count). The third-order valence-electron chi connectivity index (χ3n) is 1.16. The van der Waals surface area contributed by atoms with Gasteiger partial charge in [0, 0.05) is 4.32 Å². The molecule has 2 heteroatoms. The lowest BCUT2D eigenvalue weighted by atomic mass is 9.86. The third-order valence-corrected chi connectivity index (χ3v) is 1.45. The molecule has 0 unspecified atom stereocenters. The van der Waals surface area contributed by atoms with E-state index in [1.54, 1.807) is 0 Å². The van der Waals surface area contributed by atoms with Crippen LogP contribution in [0.3, 0.4) is 0 Å². The number of alkyl halides is 1. The van der Waals surface area contributed by atoms with Crippen LogP contribution in [0.2, 0.25) is 0 Å². The Morgan fingerprint density at radius 2 is 1.70 bits per heavy atom. The monoisotopic (exact) mass is 203 g/mol. The van der Waals surface area contributed by atoms with Crippen LogP contribution in [-0.4, -0.2) is 4.32 Å². The van der Waals surface area contributed by atoms with E-state index in [-0.39, 0.29) is 9.74 Å². The average Bonchev–Trinajstić information content (AvgIpc) is 1.60. The maximum absolute atomic E-state index is 8.69. The van der Waals surface area contributed by atoms with Gasteiger partial charge in [0.2, 0.25) is 0 Å². The Hall–Kier alpha value is -0.0300. The van der Waals surface area contributed by atoms with Gasteiger partial charge in [0.1, 0.15) is 0 Å². The van der Waals surface area contributed by atoms with E-state index in [2.05, 4.69) is 35.8 Å². The van der Waals surface area contributed by atoms with Crippen molar-refractivity contribution in [3.8, 4) is 6.07 Å². The summed E-state index contributed by atoms with van der Waals surface area (Å²) >= 11 is 3.50. The van der Waals surface area contributed by atoms with Crippen molar-refractivity contribution in [3.63, 3.8) is 0 Å². The predicted octanol–water partition coefficient (Wildman–Crippen LogP) is 3.10. The molecule has 58 valence electrons. The summed E-state index contributed by atoms with van der Waals surface area (Å²) in [5, 5.41) is 8.69. The SMILES string of the molecule is CC(C)(Br)CC(C)(C)C#N. The van der Waals surface area contributed by atoms with Crippen LogP contribution in [0.1, 0.15) is 34.1 Å². The van der Waals surface area contributed by atoms with Gasteiger partial charge in [0.15, 0.2) is 0 Å². The maximum Gasteiger partial charge on any atom is 0.0684 e. The Bertz CT molecular complexity index is 148. The maximum atomic E-state index is 8.69. The van der Waals surface area contributed by atoms with Gasteiger partial charge in [-0.25, -0.2) is 0 Å². The van der Waals surface area contributed by atoms with E-state index < -0.39 is 0 Å². The Labute approximate surface area is 71.6 Å². The van der Waals surface area contributed by atoms with E-state index in [1.807, 2.05) is 13.8 Å². The van der Waals surface area contributed by atoms with Gasteiger partial charge in [-0.1, -0.05) is 29.8 Å². The van der Waals surface area contributed by atoms with E-state index in [9.17, 15) is 0 Å². The van der Waals surface area contributed by atoms with Gasteiger partial charge in [0.05, 0.1) is 11.5 Å².